The minimum atomic E-state index is -3.91. The number of anilines is 1. The predicted molar refractivity (Wildman–Crippen MR) is 110 cm³/mol. The number of aryl methyl sites for hydroxylation is 1. The largest absolute Gasteiger partial charge is 0.350 e. The van der Waals surface area contributed by atoms with Crippen LogP contribution in [0.4, 0.5) is 5.69 Å². The van der Waals surface area contributed by atoms with Gasteiger partial charge in [-0.15, -0.1) is 0 Å². The molecular formula is C20H25ClN2O3S. The minimum Gasteiger partial charge on any atom is -0.350 e. The molecule has 0 fully saturated rings. The maximum atomic E-state index is 13.2. The Bertz CT molecular complexity index is 892. The van der Waals surface area contributed by atoms with Gasteiger partial charge >= 0.3 is 0 Å². The van der Waals surface area contributed by atoms with Crippen LogP contribution in [-0.2, 0) is 14.8 Å². The van der Waals surface area contributed by atoms with Gasteiger partial charge in [0, 0.05) is 10.6 Å². The fourth-order valence-electron chi connectivity index (χ4n) is 2.40. The monoisotopic (exact) mass is 408 g/mol. The Morgan fingerprint density at radius 2 is 1.63 bits per heavy atom. The van der Waals surface area contributed by atoms with E-state index in [9.17, 15) is 13.2 Å². The van der Waals surface area contributed by atoms with E-state index in [0.29, 0.717) is 10.7 Å². The Morgan fingerprint density at radius 1 is 1.07 bits per heavy atom. The molecule has 0 unspecified atom stereocenters. The number of rotatable bonds is 7. The van der Waals surface area contributed by atoms with E-state index in [-0.39, 0.29) is 17.3 Å². The quantitative estimate of drug-likeness (QED) is 0.748. The minimum absolute atomic E-state index is 0.130. The van der Waals surface area contributed by atoms with Gasteiger partial charge in [0.25, 0.3) is 10.0 Å². The lowest BCUT2D eigenvalue weighted by Gasteiger charge is -2.28. The van der Waals surface area contributed by atoms with Crippen molar-refractivity contribution < 1.29 is 13.2 Å². The van der Waals surface area contributed by atoms with Crippen molar-refractivity contribution in [3.63, 3.8) is 0 Å². The van der Waals surface area contributed by atoms with Gasteiger partial charge in [0.2, 0.25) is 5.91 Å². The number of nitrogens with zero attached hydrogens (tertiary/aromatic N) is 1. The van der Waals surface area contributed by atoms with Gasteiger partial charge in [0.05, 0.1) is 10.6 Å². The molecule has 7 heteroatoms. The molecule has 0 aliphatic carbocycles. The standard InChI is InChI=1S/C20H25ClN2O3S/c1-5-20(3,4)22-19(24)14-23(17-10-8-16(21)9-11-17)27(25,26)18-12-6-15(2)7-13-18/h6-13H,5,14H2,1-4H3,(H,22,24). The highest BCUT2D eigenvalue weighted by Gasteiger charge is 2.28. The van der Waals surface area contributed by atoms with Gasteiger partial charge in [0.15, 0.2) is 0 Å². The van der Waals surface area contributed by atoms with E-state index < -0.39 is 15.6 Å². The van der Waals surface area contributed by atoms with Crippen LogP contribution in [0.15, 0.2) is 53.4 Å². The van der Waals surface area contributed by atoms with Crippen molar-refractivity contribution in [3.05, 3.63) is 59.1 Å². The summed E-state index contributed by atoms with van der Waals surface area (Å²) >= 11 is 5.93. The van der Waals surface area contributed by atoms with Gasteiger partial charge in [-0.1, -0.05) is 36.2 Å². The number of carbonyl (C=O) groups is 1. The van der Waals surface area contributed by atoms with Crippen molar-refractivity contribution in [3.8, 4) is 0 Å². The van der Waals surface area contributed by atoms with E-state index in [1.165, 1.54) is 0 Å². The van der Waals surface area contributed by atoms with Crippen LogP contribution >= 0.6 is 11.6 Å². The van der Waals surface area contributed by atoms with Crippen LogP contribution in [0.5, 0.6) is 0 Å². The van der Waals surface area contributed by atoms with Crippen LogP contribution in [0.1, 0.15) is 32.8 Å². The first kappa shape index (κ1) is 21.3. The molecule has 2 rings (SSSR count). The van der Waals surface area contributed by atoms with Crippen molar-refractivity contribution >= 4 is 33.2 Å². The summed E-state index contributed by atoms with van der Waals surface area (Å²) in [5, 5.41) is 3.37. The van der Waals surface area contributed by atoms with Gasteiger partial charge < -0.3 is 5.32 Å². The summed E-state index contributed by atoms with van der Waals surface area (Å²) in [5.41, 5.74) is 0.912. The maximum Gasteiger partial charge on any atom is 0.264 e. The summed E-state index contributed by atoms with van der Waals surface area (Å²) in [5.74, 6) is -0.368. The summed E-state index contributed by atoms with van der Waals surface area (Å²) < 4.78 is 27.5. The van der Waals surface area contributed by atoms with Crippen LogP contribution in [0, 0.1) is 6.92 Å². The first-order valence-electron chi connectivity index (χ1n) is 8.71. The van der Waals surface area contributed by atoms with Crippen LogP contribution in [0.2, 0.25) is 5.02 Å². The van der Waals surface area contributed by atoms with Crippen molar-refractivity contribution in [1.82, 2.24) is 5.32 Å². The van der Waals surface area contributed by atoms with Crippen molar-refractivity contribution in [2.75, 3.05) is 10.8 Å². The molecule has 0 atom stereocenters. The van der Waals surface area contributed by atoms with Crippen molar-refractivity contribution in [2.24, 2.45) is 0 Å². The first-order chi connectivity index (χ1) is 12.5. The van der Waals surface area contributed by atoms with Crippen molar-refractivity contribution in [1.29, 1.82) is 0 Å². The highest BCUT2D eigenvalue weighted by molar-refractivity contribution is 7.92. The zero-order chi connectivity index (χ0) is 20.2. The highest BCUT2D eigenvalue weighted by atomic mass is 35.5. The average molecular weight is 409 g/mol. The fourth-order valence-corrected chi connectivity index (χ4v) is 3.94. The average Bonchev–Trinajstić information content (AvgIpc) is 2.60. The molecule has 146 valence electrons. The lowest BCUT2D eigenvalue weighted by Crippen LogP contribution is -2.48. The second-order valence-corrected chi connectivity index (χ2v) is 9.39. The van der Waals surface area contributed by atoms with Gasteiger partial charge in [-0.25, -0.2) is 8.42 Å². The van der Waals surface area contributed by atoms with Crippen LogP contribution in [0.25, 0.3) is 0 Å². The number of nitrogens with one attached hydrogen (secondary N) is 1. The molecule has 2 aromatic rings. The van der Waals surface area contributed by atoms with Gasteiger partial charge in [0.1, 0.15) is 6.54 Å². The lowest BCUT2D eigenvalue weighted by molar-refractivity contribution is -0.121. The highest BCUT2D eigenvalue weighted by Crippen LogP contribution is 2.25. The zero-order valence-electron chi connectivity index (χ0n) is 16.0. The molecule has 0 aliphatic heterocycles. The maximum absolute atomic E-state index is 13.2. The summed E-state index contributed by atoms with van der Waals surface area (Å²) in [6.07, 6.45) is 0.727. The van der Waals surface area contributed by atoms with E-state index in [4.69, 9.17) is 11.6 Å². The third kappa shape index (κ3) is 5.47. The number of hydrogen-bond acceptors (Lipinski definition) is 3. The number of hydrogen-bond donors (Lipinski definition) is 1. The molecule has 0 bridgehead atoms. The number of amides is 1. The molecule has 0 heterocycles. The topological polar surface area (TPSA) is 66.5 Å². The van der Waals surface area contributed by atoms with E-state index in [1.54, 1.807) is 48.5 Å². The molecule has 1 N–H and O–H groups in total. The van der Waals surface area contributed by atoms with E-state index in [2.05, 4.69) is 5.32 Å². The molecular weight excluding hydrogens is 384 g/mol. The van der Waals surface area contributed by atoms with Gasteiger partial charge in [-0.05, 0) is 63.6 Å². The molecule has 2 aromatic carbocycles. The number of halogens is 1. The van der Waals surface area contributed by atoms with E-state index in [1.807, 2.05) is 27.7 Å². The van der Waals surface area contributed by atoms with E-state index >= 15 is 0 Å². The molecule has 0 spiro atoms. The zero-order valence-corrected chi connectivity index (χ0v) is 17.6. The summed E-state index contributed by atoms with van der Waals surface area (Å²) in [4.78, 5) is 12.7. The van der Waals surface area contributed by atoms with Crippen LogP contribution in [0.3, 0.4) is 0 Å². The summed E-state index contributed by atoms with van der Waals surface area (Å²) in [6.45, 7) is 7.31. The summed E-state index contributed by atoms with van der Waals surface area (Å²) in [7, 11) is -3.91. The van der Waals surface area contributed by atoms with Gasteiger partial charge in [-0.3, -0.25) is 9.10 Å². The molecule has 5 nitrogen and oxygen atoms in total. The Morgan fingerprint density at radius 3 is 2.15 bits per heavy atom. The molecule has 1 amide bonds. The SMILES string of the molecule is CCC(C)(C)NC(=O)CN(c1ccc(Cl)cc1)S(=O)(=O)c1ccc(C)cc1. The second-order valence-electron chi connectivity index (χ2n) is 7.09. The number of sulfonamides is 1. The third-order valence-corrected chi connectivity index (χ3v) is 6.41. The normalized spacial score (nSPS) is 11.9. The molecule has 0 radical (unpaired) electrons. The van der Waals surface area contributed by atoms with E-state index in [0.717, 1.165) is 16.3 Å². The smallest absolute Gasteiger partial charge is 0.264 e. The van der Waals surface area contributed by atoms with Gasteiger partial charge in [-0.2, -0.15) is 0 Å². The molecule has 0 aromatic heterocycles. The third-order valence-electron chi connectivity index (χ3n) is 4.37. The molecule has 0 saturated heterocycles. The Balaban J connectivity index is 2.42. The Kier molecular flexibility index (Phi) is 6.54. The molecule has 0 aliphatic rings. The second kappa shape index (κ2) is 8.31. The molecule has 0 saturated carbocycles. The lowest BCUT2D eigenvalue weighted by atomic mass is 10.0. The van der Waals surface area contributed by atoms with Crippen molar-refractivity contribution in [2.45, 2.75) is 44.6 Å². The van der Waals surface area contributed by atoms with Crippen LogP contribution < -0.4 is 9.62 Å². The fraction of sp³-hybridized carbons (Fsp3) is 0.350. The Hall–Kier alpha value is -2.05. The summed E-state index contributed by atoms with van der Waals surface area (Å²) in [6, 6.07) is 12.9. The predicted octanol–water partition coefficient (Wildman–Crippen LogP) is 4.15. The van der Waals surface area contributed by atoms with Crippen LogP contribution in [-0.4, -0.2) is 26.4 Å². The first-order valence-corrected chi connectivity index (χ1v) is 10.5. The Labute approximate surface area is 166 Å². The number of carbonyl (C=O) groups excluding carboxylic acids is 1. The molecule has 27 heavy (non-hydrogen) atoms. The number of benzene rings is 2.